The minimum absolute atomic E-state index is 0.0973. The summed E-state index contributed by atoms with van der Waals surface area (Å²) in [4.78, 5) is 14.5. The quantitative estimate of drug-likeness (QED) is 0.485. The van der Waals surface area contributed by atoms with E-state index in [0.717, 1.165) is 29.3 Å². The molecule has 0 saturated heterocycles. The van der Waals surface area contributed by atoms with Crippen molar-refractivity contribution in [1.29, 1.82) is 0 Å². The van der Waals surface area contributed by atoms with Gasteiger partial charge in [0.1, 0.15) is 5.82 Å². The van der Waals surface area contributed by atoms with E-state index in [1.807, 2.05) is 11.8 Å². The number of halogens is 1. The van der Waals surface area contributed by atoms with Crippen LogP contribution in [0.25, 0.3) is 5.69 Å². The fraction of sp³-hybridized carbons (Fsp3) is 0.389. The predicted molar refractivity (Wildman–Crippen MR) is 107 cm³/mol. The molecule has 8 heteroatoms. The van der Waals surface area contributed by atoms with Crippen LogP contribution >= 0.6 is 35.3 Å². The third kappa shape index (κ3) is 4.61. The number of thioether (sulfide) groups is 1. The highest BCUT2D eigenvalue weighted by Crippen LogP contribution is 2.26. The monoisotopic (exact) mass is 409 g/mol. The number of aromatic nitrogens is 2. The molecule has 26 heavy (non-hydrogen) atoms. The van der Waals surface area contributed by atoms with Crippen LogP contribution in [0.3, 0.4) is 0 Å². The van der Waals surface area contributed by atoms with E-state index in [2.05, 4.69) is 11.2 Å². The first-order valence-electron chi connectivity index (χ1n) is 8.57. The van der Waals surface area contributed by atoms with E-state index in [-0.39, 0.29) is 11.7 Å². The van der Waals surface area contributed by atoms with Crippen molar-refractivity contribution < 1.29 is 9.18 Å². The van der Waals surface area contributed by atoms with Gasteiger partial charge in [-0.1, -0.05) is 29.2 Å². The van der Waals surface area contributed by atoms with Crippen LogP contribution in [-0.2, 0) is 4.79 Å². The van der Waals surface area contributed by atoms with Crippen molar-refractivity contribution in [2.45, 2.75) is 36.9 Å². The molecule has 1 aromatic heterocycles. The molecule has 0 fully saturated rings. The third-order valence-electron chi connectivity index (χ3n) is 4.15. The molecule has 3 rings (SSSR count). The number of carbonyl (C=O) groups excluding carboxylic acids is 1. The normalized spacial score (nSPS) is 14.2. The Morgan fingerprint density at radius 2 is 2.15 bits per heavy atom. The summed E-state index contributed by atoms with van der Waals surface area (Å²) in [6.07, 6.45) is 6.56. The van der Waals surface area contributed by atoms with E-state index in [0.29, 0.717) is 21.9 Å². The van der Waals surface area contributed by atoms with Crippen molar-refractivity contribution in [2.75, 3.05) is 12.3 Å². The number of hydrogen-bond donors (Lipinski definition) is 0. The number of hydrogen-bond acceptors (Lipinski definition) is 5. The number of amides is 1. The molecule has 0 radical (unpaired) electrons. The zero-order chi connectivity index (χ0) is 18.5. The molecule has 2 aromatic rings. The summed E-state index contributed by atoms with van der Waals surface area (Å²) in [6.45, 7) is 2.69. The molecule has 1 aliphatic rings. The second kappa shape index (κ2) is 8.92. The molecule has 0 N–H and O–H groups in total. The Balaban J connectivity index is 1.67. The van der Waals surface area contributed by atoms with E-state index in [1.54, 1.807) is 16.8 Å². The maximum atomic E-state index is 13.1. The highest BCUT2D eigenvalue weighted by molar-refractivity contribution is 8.01. The average Bonchev–Trinajstić information content (AvgIpc) is 3.03. The van der Waals surface area contributed by atoms with Crippen LogP contribution in [0, 0.1) is 9.77 Å². The van der Waals surface area contributed by atoms with Gasteiger partial charge in [0, 0.05) is 12.2 Å². The summed E-state index contributed by atoms with van der Waals surface area (Å²) in [5, 5.41) is 4.47. The lowest BCUT2D eigenvalue weighted by molar-refractivity contribution is -0.126. The van der Waals surface area contributed by atoms with Crippen molar-refractivity contribution in [2.24, 2.45) is 0 Å². The van der Waals surface area contributed by atoms with Gasteiger partial charge in [-0.05, 0) is 69.1 Å². The second-order valence-corrected chi connectivity index (χ2v) is 8.74. The van der Waals surface area contributed by atoms with Gasteiger partial charge in [0.25, 0.3) is 0 Å². The Labute approximate surface area is 165 Å². The Morgan fingerprint density at radius 3 is 2.81 bits per heavy atom. The molecular formula is C18H20FN3OS3. The molecule has 1 amide bonds. The summed E-state index contributed by atoms with van der Waals surface area (Å²) in [5.74, 6) is 0.129. The van der Waals surface area contributed by atoms with Crippen molar-refractivity contribution in [3.8, 4) is 5.69 Å². The number of allylic oxidation sites excluding steroid dienone is 2. The SMILES string of the molecule is CCN(C(=O)CSc1nn(-c2ccc(F)cc2)c(=S)s1)C1=CCCCC1. The summed E-state index contributed by atoms with van der Waals surface area (Å²) in [7, 11) is 0. The minimum atomic E-state index is -0.299. The second-order valence-electron chi connectivity index (χ2n) is 5.89. The van der Waals surface area contributed by atoms with E-state index in [9.17, 15) is 9.18 Å². The molecule has 0 bridgehead atoms. The van der Waals surface area contributed by atoms with Crippen LogP contribution in [-0.4, -0.2) is 32.9 Å². The number of nitrogens with zero attached hydrogens (tertiary/aromatic N) is 3. The smallest absolute Gasteiger partial charge is 0.237 e. The van der Waals surface area contributed by atoms with Crippen LogP contribution in [0.2, 0.25) is 0 Å². The Hall–Kier alpha value is -1.51. The molecule has 0 unspecified atom stereocenters. The lowest BCUT2D eigenvalue weighted by Crippen LogP contribution is -2.32. The number of carbonyl (C=O) groups is 1. The van der Waals surface area contributed by atoms with E-state index in [4.69, 9.17) is 12.2 Å². The molecule has 0 saturated carbocycles. The zero-order valence-electron chi connectivity index (χ0n) is 14.5. The summed E-state index contributed by atoms with van der Waals surface area (Å²) in [6, 6.07) is 6.03. The Morgan fingerprint density at radius 1 is 1.38 bits per heavy atom. The topological polar surface area (TPSA) is 38.1 Å². The van der Waals surface area contributed by atoms with Gasteiger partial charge in [-0.2, -0.15) is 0 Å². The van der Waals surface area contributed by atoms with Crippen molar-refractivity contribution in [3.05, 3.63) is 45.8 Å². The maximum Gasteiger partial charge on any atom is 0.237 e. The lowest BCUT2D eigenvalue weighted by atomic mass is 10.0. The van der Waals surface area contributed by atoms with Gasteiger partial charge >= 0.3 is 0 Å². The summed E-state index contributed by atoms with van der Waals surface area (Å²) >= 11 is 8.11. The van der Waals surface area contributed by atoms with Crippen LogP contribution in [0.1, 0.15) is 32.6 Å². The Bertz CT molecular complexity index is 857. The summed E-state index contributed by atoms with van der Waals surface area (Å²) < 4.78 is 16.0. The number of rotatable bonds is 6. The van der Waals surface area contributed by atoms with E-state index >= 15 is 0 Å². The lowest BCUT2D eigenvalue weighted by Gasteiger charge is -2.26. The van der Waals surface area contributed by atoms with Gasteiger partial charge in [0.05, 0.1) is 11.4 Å². The molecule has 0 aliphatic heterocycles. The van der Waals surface area contributed by atoms with Crippen molar-refractivity contribution in [1.82, 2.24) is 14.7 Å². The molecular weight excluding hydrogens is 389 g/mol. The molecule has 1 aromatic carbocycles. The van der Waals surface area contributed by atoms with Gasteiger partial charge in [0.15, 0.2) is 8.29 Å². The average molecular weight is 410 g/mol. The van der Waals surface area contributed by atoms with Crippen molar-refractivity contribution in [3.63, 3.8) is 0 Å². The third-order valence-corrected chi connectivity index (χ3v) is 6.50. The van der Waals surface area contributed by atoms with Gasteiger partial charge in [0.2, 0.25) is 5.91 Å². The predicted octanol–water partition coefficient (Wildman–Crippen LogP) is 5.20. The maximum absolute atomic E-state index is 13.1. The first kappa shape index (κ1) is 19.3. The molecule has 4 nitrogen and oxygen atoms in total. The van der Waals surface area contributed by atoms with Gasteiger partial charge < -0.3 is 4.90 Å². The van der Waals surface area contributed by atoms with Gasteiger partial charge in [-0.25, -0.2) is 9.07 Å². The van der Waals surface area contributed by atoms with Gasteiger partial charge in [-0.3, -0.25) is 4.79 Å². The van der Waals surface area contributed by atoms with Crippen LogP contribution < -0.4 is 0 Å². The van der Waals surface area contributed by atoms with Crippen LogP contribution in [0.4, 0.5) is 4.39 Å². The highest BCUT2D eigenvalue weighted by Gasteiger charge is 2.19. The highest BCUT2D eigenvalue weighted by atomic mass is 32.2. The van der Waals surface area contributed by atoms with Crippen LogP contribution in [0.15, 0.2) is 40.4 Å². The minimum Gasteiger partial charge on any atom is -0.316 e. The molecule has 1 heterocycles. The van der Waals surface area contributed by atoms with E-state index in [1.165, 1.54) is 41.7 Å². The largest absolute Gasteiger partial charge is 0.316 e. The first-order chi connectivity index (χ1) is 12.6. The molecule has 0 spiro atoms. The fourth-order valence-electron chi connectivity index (χ4n) is 2.87. The van der Waals surface area contributed by atoms with Crippen LogP contribution in [0.5, 0.6) is 0 Å². The van der Waals surface area contributed by atoms with Gasteiger partial charge in [-0.15, -0.1) is 5.10 Å². The van der Waals surface area contributed by atoms with Crippen molar-refractivity contribution >= 4 is 41.2 Å². The molecule has 1 aliphatic carbocycles. The first-order valence-corrected chi connectivity index (χ1v) is 10.8. The molecule has 138 valence electrons. The Kier molecular flexibility index (Phi) is 6.61. The van der Waals surface area contributed by atoms with E-state index < -0.39 is 0 Å². The standard InChI is InChI=1S/C18H20FN3OS3/c1-2-21(14-6-4-3-5-7-14)16(23)12-25-17-20-22(18(24)26-17)15-10-8-13(19)9-11-15/h6,8-11H,2-5,7,12H2,1H3. The fourth-order valence-corrected chi connectivity index (χ4v) is 5.11. The summed E-state index contributed by atoms with van der Waals surface area (Å²) in [5.41, 5.74) is 1.86. The molecule has 0 atom stereocenters. The zero-order valence-corrected chi connectivity index (χ0v) is 16.9. The number of benzene rings is 1.